The summed E-state index contributed by atoms with van der Waals surface area (Å²) in [6.07, 6.45) is 4.75. The van der Waals surface area contributed by atoms with E-state index in [2.05, 4.69) is 18.7 Å². The Hall–Kier alpha value is -0.200. The Balaban J connectivity index is 1.59. The molecule has 0 amide bonds. The second-order valence-electron chi connectivity index (χ2n) is 11.3. The van der Waals surface area contributed by atoms with Crippen LogP contribution in [0.15, 0.2) is 0 Å². The fraction of sp³-hybridized carbons (Fsp3) is 1.00. The van der Waals surface area contributed by atoms with Crippen LogP contribution in [0.1, 0.15) is 46.0 Å². The largest absolute Gasteiger partial charge is 0.392 e. The average molecular weight is 392 g/mol. The van der Waals surface area contributed by atoms with Crippen molar-refractivity contribution < 1.29 is 19.7 Å². The van der Waals surface area contributed by atoms with Gasteiger partial charge in [-0.05, 0) is 49.5 Å². The van der Waals surface area contributed by atoms with E-state index in [1.165, 1.54) is 0 Å². The highest BCUT2D eigenvalue weighted by atomic mass is 16.5. The first-order chi connectivity index (χ1) is 13.4. The highest BCUT2D eigenvalue weighted by Crippen LogP contribution is 2.78. The zero-order valence-corrected chi connectivity index (χ0v) is 17.8. The lowest BCUT2D eigenvalue weighted by molar-refractivity contribution is -0.268. The molecular weight excluding hydrogens is 354 g/mol. The molecule has 12 atom stereocenters. The summed E-state index contributed by atoms with van der Waals surface area (Å²) in [5.41, 5.74) is -0.543. The molecule has 6 aliphatic rings. The van der Waals surface area contributed by atoms with Crippen LogP contribution in [0.25, 0.3) is 0 Å². The van der Waals surface area contributed by atoms with Gasteiger partial charge < -0.3 is 19.7 Å². The molecule has 2 N–H and O–H groups in total. The Kier molecular flexibility index (Phi) is 3.67. The van der Waals surface area contributed by atoms with Crippen LogP contribution in [0.4, 0.5) is 0 Å². The zero-order chi connectivity index (χ0) is 19.6. The van der Waals surface area contributed by atoms with Gasteiger partial charge in [-0.3, -0.25) is 4.90 Å². The molecule has 1 heterocycles. The molecule has 7 bridgehead atoms. The van der Waals surface area contributed by atoms with Crippen LogP contribution in [-0.4, -0.2) is 72.4 Å². The minimum atomic E-state index is -0.731. The Labute approximate surface area is 168 Å². The van der Waals surface area contributed by atoms with Gasteiger partial charge in [-0.1, -0.05) is 13.8 Å². The molecular formula is C23H37NO4. The number of hydrogen-bond acceptors (Lipinski definition) is 5. The maximum atomic E-state index is 12.4. The number of methoxy groups -OCH3 is 2. The number of likely N-dealkylation sites (tertiary alicyclic amines) is 1. The van der Waals surface area contributed by atoms with Gasteiger partial charge in [0.25, 0.3) is 0 Å². The van der Waals surface area contributed by atoms with Crippen LogP contribution in [-0.2, 0) is 9.47 Å². The van der Waals surface area contributed by atoms with Crippen molar-refractivity contribution in [1.29, 1.82) is 0 Å². The minimum Gasteiger partial charge on any atom is -0.392 e. The Morgan fingerprint density at radius 1 is 1.14 bits per heavy atom. The summed E-state index contributed by atoms with van der Waals surface area (Å²) in [5.74, 6) is 1.58. The maximum absolute atomic E-state index is 12.4. The molecule has 4 unspecified atom stereocenters. The number of aliphatic hydroxyl groups excluding tert-OH is 1. The highest BCUT2D eigenvalue weighted by molar-refractivity contribution is 5.32. The van der Waals surface area contributed by atoms with Crippen LogP contribution < -0.4 is 0 Å². The number of rotatable bonds is 3. The van der Waals surface area contributed by atoms with Gasteiger partial charge in [0, 0.05) is 56.4 Å². The monoisotopic (exact) mass is 391 g/mol. The molecule has 0 radical (unpaired) electrons. The molecule has 5 aliphatic carbocycles. The first-order valence-electron chi connectivity index (χ1n) is 11.6. The number of fused-ring (bicyclic) bond motifs is 2. The number of nitrogens with zero attached hydrogens (tertiary/aromatic N) is 1. The molecule has 5 nitrogen and oxygen atoms in total. The van der Waals surface area contributed by atoms with Gasteiger partial charge in [-0.2, -0.15) is 0 Å². The van der Waals surface area contributed by atoms with E-state index >= 15 is 0 Å². The molecule has 1 aliphatic heterocycles. The van der Waals surface area contributed by atoms with Crippen LogP contribution >= 0.6 is 0 Å². The Morgan fingerprint density at radius 2 is 1.93 bits per heavy atom. The van der Waals surface area contributed by atoms with E-state index in [9.17, 15) is 10.2 Å². The van der Waals surface area contributed by atoms with Crippen molar-refractivity contribution in [3.05, 3.63) is 0 Å². The molecule has 5 heteroatoms. The summed E-state index contributed by atoms with van der Waals surface area (Å²) in [7, 11) is 3.61. The SMILES string of the molecule is CCN1C[C@]2(C)CC[C@H](O)[C@@]34C5C[C@@H]6C(OC)C5[C@](O)(C[C@@H]6OC)[C@@H](CC23)[C@@H]14. The third-order valence-electron chi connectivity index (χ3n) is 10.9. The first-order valence-corrected chi connectivity index (χ1v) is 11.6. The summed E-state index contributed by atoms with van der Waals surface area (Å²) in [6.45, 7) is 6.88. The summed E-state index contributed by atoms with van der Waals surface area (Å²) in [5, 5.41) is 24.0. The lowest BCUT2D eigenvalue weighted by atomic mass is 9.43. The molecule has 0 aromatic heterocycles. The van der Waals surface area contributed by atoms with Crippen LogP contribution in [0.3, 0.4) is 0 Å². The van der Waals surface area contributed by atoms with Crippen molar-refractivity contribution in [3.63, 3.8) is 0 Å². The molecule has 28 heavy (non-hydrogen) atoms. The Morgan fingerprint density at radius 3 is 2.61 bits per heavy atom. The fourth-order valence-corrected chi connectivity index (χ4v) is 10.4. The lowest BCUT2D eigenvalue weighted by Crippen LogP contribution is -2.75. The van der Waals surface area contributed by atoms with Crippen molar-refractivity contribution in [2.24, 2.45) is 40.4 Å². The standard InChI is InChI=1S/C23H37NO4/c1-5-24-11-21(2)7-6-17(25)23-13-8-12-15(27-3)10-22(26,18(13)19(12)28-4)14(20(23)24)9-16(21)23/h12-20,25-26H,5-11H2,1-4H3/t12-,13?,14-,15-,16?,17-,18?,19?,20+,21-,22-,23+/m0/s1. The Bertz CT molecular complexity index is 688. The summed E-state index contributed by atoms with van der Waals surface area (Å²) < 4.78 is 12.0. The minimum absolute atomic E-state index is 0.0580. The van der Waals surface area contributed by atoms with Crippen LogP contribution in [0.5, 0.6) is 0 Å². The fourth-order valence-electron chi connectivity index (χ4n) is 10.4. The number of aliphatic hydroxyl groups is 2. The van der Waals surface area contributed by atoms with E-state index in [1.807, 2.05) is 7.11 Å². The van der Waals surface area contributed by atoms with Crippen LogP contribution in [0, 0.1) is 40.4 Å². The molecule has 1 saturated heterocycles. The second kappa shape index (κ2) is 5.53. The van der Waals surface area contributed by atoms with E-state index < -0.39 is 5.60 Å². The highest BCUT2D eigenvalue weighted by Gasteiger charge is 2.83. The summed E-state index contributed by atoms with van der Waals surface area (Å²) >= 11 is 0. The van der Waals surface area contributed by atoms with E-state index in [-0.39, 0.29) is 41.0 Å². The van der Waals surface area contributed by atoms with Crippen molar-refractivity contribution >= 4 is 0 Å². The molecule has 0 aromatic carbocycles. The molecule has 5 saturated carbocycles. The van der Waals surface area contributed by atoms with Crippen molar-refractivity contribution in [1.82, 2.24) is 4.90 Å². The average Bonchev–Trinajstić information content (AvgIpc) is 3.16. The zero-order valence-electron chi connectivity index (χ0n) is 17.8. The molecule has 1 spiro atoms. The maximum Gasteiger partial charge on any atom is 0.0771 e. The number of piperidine rings is 1. The van der Waals surface area contributed by atoms with Gasteiger partial charge in [-0.15, -0.1) is 0 Å². The third kappa shape index (κ3) is 1.73. The summed E-state index contributed by atoms with van der Waals surface area (Å²) in [4.78, 5) is 2.65. The predicted octanol–water partition coefficient (Wildman–Crippen LogP) is 1.90. The van der Waals surface area contributed by atoms with Crippen LogP contribution in [0.2, 0.25) is 0 Å². The second-order valence-corrected chi connectivity index (χ2v) is 11.3. The molecule has 158 valence electrons. The number of hydrogen-bond donors (Lipinski definition) is 2. The predicted molar refractivity (Wildman–Crippen MR) is 105 cm³/mol. The van der Waals surface area contributed by atoms with Gasteiger partial charge in [0.2, 0.25) is 0 Å². The topological polar surface area (TPSA) is 62.2 Å². The van der Waals surface area contributed by atoms with Crippen molar-refractivity contribution in [2.75, 3.05) is 27.3 Å². The normalized spacial score (nSPS) is 64.3. The third-order valence-corrected chi connectivity index (χ3v) is 10.9. The van der Waals surface area contributed by atoms with E-state index in [0.29, 0.717) is 23.8 Å². The lowest BCUT2D eigenvalue weighted by Gasteiger charge is -2.68. The van der Waals surface area contributed by atoms with Gasteiger partial charge in [0.05, 0.1) is 23.9 Å². The van der Waals surface area contributed by atoms with E-state index in [0.717, 1.165) is 45.2 Å². The van der Waals surface area contributed by atoms with Gasteiger partial charge in [0.1, 0.15) is 0 Å². The van der Waals surface area contributed by atoms with Crippen molar-refractivity contribution in [2.45, 2.75) is 75.9 Å². The van der Waals surface area contributed by atoms with Crippen molar-refractivity contribution in [3.8, 4) is 0 Å². The summed E-state index contributed by atoms with van der Waals surface area (Å²) in [6, 6.07) is 0.309. The van der Waals surface area contributed by atoms with Gasteiger partial charge >= 0.3 is 0 Å². The molecule has 6 rings (SSSR count). The smallest absolute Gasteiger partial charge is 0.0771 e. The first kappa shape index (κ1) is 18.6. The number of ether oxygens (including phenoxy) is 2. The van der Waals surface area contributed by atoms with Gasteiger partial charge in [-0.25, -0.2) is 0 Å². The van der Waals surface area contributed by atoms with E-state index in [1.54, 1.807) is 7.11 Å². The van der Waals surface area contributed by atoms with E-state index in [4.69, 9.17) is 9.47 Å². The quantitative estimate of drug-likeness (QED) is 0.770. The molecule has 0 aromatic rings. The van der Waals surface area contributed by atoms with Gasteiger partial charge in [0.15, 0.2) is 0 Å². The molecule has 6 fully saturated rings.